The van der Waals surface area contributed by atoms with E-state index in [4.69, 9.17) is 9.47 Å². The van der Waals surface area contributed by atoms with E-state index in [2.05, 4.69) is 5.32 Å². The molecule has 0 amide bonds. The number of aryl methyl sites for hydroxylation is 2. The standard InChI is InChI=1S/C22H25F2NO4/c23-15-3-7-19-13(9-15)1-5-21(28-19)17(26)11-25-12-18(27)22-6-2-14-10-16(24)4-8-20(14)29-22/h3-4,7-10,17-18,21-22,25-27H,1-2,5-6,11-12H2/t17-,18?,21-,22?/m0/s1. The second kappa shape index (κ2) is 8.65. The highest BCUT2D eigenvalue weighted by molar-refractivity contribution is 5.36. The minimum atomic E-state index is -0.753. The Labute approximate surface area is 168 Å². The van der Waals surface area contributed by atoms with Gasteiger partial charge in [0.1, 0.15) is 47.5 Å². The minimum absolute atomic E-state index is 0.257. The molecular weight excluding hydrogens is 380 g/mol. The fourth-order valence-electron chi connectivity index (χ4n) is 3.94. The average molecular weight is 405 g/mol. The summed E-state index contributed by atoms with van der Waals surface area (Å²) in [6.45, 7) is 0.513. The molecule has 2 aliphatic rings. The average Bonchev–Trinajstić information content (AvgIpc) is 2.72. The number of aliphatic hydroxyl groups is 2. The molecule has 2 aromatic carbocycles. The Morgan fingerprint density at radius 2 is 1.28 bits per heavy atom. The van der Waals surface area contributed by atoms with E-state index in [-0.39, 0.29) is 36.9 Å². The summed E-state index contributed by atoms with van der Waals surface area (Å²) < 4.78 is 38.2. The van der Waals surface area contributed by atoms with E-state index in [1.165, 1.54) is 24.3 Å². The van der Waals surface area contributed by atoms with Gasteiger partial charge in [-0.3, -0.25) is 0 Å². The van der Waals surface area contributed by atoms with Crippen molar-refractivity contribution >= 4 is 0 Å². The van der Waals surface area contributed by atoms with Crippen LogP contribution >= 0.6 is 0 Å². The van der Waals surface area contributed by atoms with Crippen molar-refractivity contribution < 1.29 is 28.5 Å². The molecule has 0 spiro atoms. The van der Waals surface area contributed by atoms with Gasteiger partial charge in [0.2, 0.25) is 0 Å². The monoisotopic (exact) mass is 405 g/mol. The smallest absolute Gasteiger partial charge is 0.126 e. The zero-order valence-corrected chi connectivity index (χ0v) is 16.0. The number of ether oxygens (including phenoxy) is 2. The number of nitrogens with one attached hydrogen (secondary N) is 1. The Hall–Kier alpha value is -2.22. The zero-order chi connectivity index (χ0) is 20.4. The second-order valence-corrected chi connectivity index (χ2v) is 7.69. The molecule has 29 heavy (non-hydrogen) atoms. The van der Waals surface area contributed by atoms with Gasteiger partial charge in [0.05, 0.1) is 0 Å². The summed E-state index contributed by atoms with van der Waals surface area (Å²) in [5, 5.41) is 23.9. The van der Waals surface area contributed by atoms with Crippen LogP contribution < -0.4 is 14.8 Å². The largest absolute Gasteiger partial charge is 0.487 e. The van der Waals surface area contributed by atoms with Crippen molar-refractivity contribution in [1.29, 1.82) is 0 Å². The first kappa shape index (κ1) is 20.1. The lowest BCUT2D eigenvalue weighted by Gasteiger charge is -2.31. The number of hydrogen-bond acceptors (Lipinski definition) is 5. The van der Waals surface area contributed by atoms with Crippen LogP contribution in [0.2, 0.25) is 0 Å². The van der Waals surface area contributed by atoms with Crippen molar-refractivity contribution in [2.75, 3.05) is 13.1 Å². The summed E-state index contributed by atoms with van der Waals surface area (Å²) in [7, 11) is 0. The molecule has 156 valence electrons. The van der Waals surface area contributed by atoms with E-state index < -0.39 is 12.2 Å². The number of aliphatic hydroxyl groups excluding tert-OH is 2. The number of hydrogen-bond donors (Lipinski definition) is 3. The first-order valence-corrected chi connectivity index (χ1v) is 9.96. The third kappa shape index (κ3) is 4.69. The fourth-order valence-corrected chi connectivity index (χ4v) is 3.94. The molecule has 7 heteroatoms. The molecule has 2 unspecified atom stereocenters. The number of rotatable bonds is 6. The number of halogens is 2. The summed E-state index contributed by atoms with van der Waals surface area (Å²) in [6.07, 6.45) is 0.214. The summed E-state index contributed by atoms with van der Waals surface area (Å²) in [5.41, 5.74) is 1.62. The van der Waals surface area contributed by atoms with Gasteiger partial charge < -0.3 is 25.0 Å². The molecule has 0 saturated carbocycles. The van der Waals surface area contributed by atoms with Crippen molar-refractivity contribution in [2.24, 2.45) is 0 Å². The lowest BCUT2D eigenvalue weighted by Crippen LogP contribution is -2.46. The number of fused-ring (bicyclic) bond motifs is 2. The molecule has 0 aliphatic carbocycles. The van der Waals surface area contributed by atoms with Gasteiger partial charge in [-0.15, -0.1) is 0 Å². The van der Waals surface area contributed by atoms with Crippen LogP contribution in [0.4, 0.5) is 8.78 Å². The summed E-state index contributed by atoms with van der Waals surface area (Å²) >= 11 is 0. The van der Waals surface area contributed by atoms with Crippen LogP contribution in [-0.4, -0.2) is 47.7 Å². The van der Waals surface area contributed by atoms with E-state index in [9.17, 15) is 19.0 Å². The van der Waals surface area contributed by atoms with E-state index in [1.54, 1.807) is 12.1 Å². The van der Waals surface area contributed by atoms with E-state index in [0.29, 0.717) is 37.2 Å². The highest BCUT2D eigenvalue weighted by atomic mass is 19.1. The van der Waals surface area contributed by atoms with Crippen LogP contribution in [0.5, 0.6) is 11.5 Å². The van der Waals surface area contributed by atoms with Gasteiger partial charge in [0, 0.05) is 13.1 Å². The van der Waals surface area contributed by atoms with Crippen molar-refractivity contribution in [3.05, 3.63) is 59.2 Å². The molecule has 5 nitrogen and oxygen atoms in total. The van der Waals surface area contributed by atoms with Gasteiger partial charge in [-0.2, -0.15) is 0 Å². The van der Waals surface area contributed by atoms with Gasteiger partial charge in [-0.05, 0) is 73.2 Å². The van der Waals surface area contributed by atoms with Crippen molar-refractivity contribution in [2.45, 2.75) is 50.1 Å². The summed E-state index contributed by atoms with van der Waals surface area (Å²) in [6, 6.07) is 8.79. The van der Waals surface area contributed by atoms with Gasteiger partial charge in [0.15, 0.2) is 0 Å². The van der Waals surface area contributed by atoms with Gasteiger partial charge >= 0.3 is 0 Å². The van der Waals surface area contributed by atoms with Crippen LogP contribution in [0, 0.1) is 11.6 Å². The SMILES string of the molecule is OC(CNC[C@H](O)[C@@H]1CCc2cc(F)ccc2O1)C1CCc2cc(F)ccc2O1. The van der Waals surface area contributed by atoms with Crippen LogP contribution in [0.25, 0.3) is 0 Å². The molecule has 2 aromatic rings. The Morgan fingerprint density at radius 3 is 1.72 bits per heavy atom. The molecular formula is C22H25F2NO4. The topological polar surface area (TPSA) is 71.0 Å². The molecule has 3 N–H and O–H groups in total. The van der Waals surface area contributed by atoms with E-state index in [1.807, 2.05) is 0 Å². The van der Waals surface area contributed by atoms with Crippen molar-refractivity contribution in [3.63, 3.8) is 0 Å². The molecule has 0 aromatic heterocycles. The molecule has 0 fully saturated rings. The molecule has 0 saturated heterocycles. The highest BCUT2D eigenvalue weighted by Gasteiger charge is 2.29. The van der Waals surface area contributed by atoms with Crippen molar-refractivity contribution in [1.82, 2.24) is 5.32 Å². The van der Waals surface area contributed by atoms with Crippen LogP contribution in [-0.2, 0) is 12.8 Å². The Morgan fingerprint density at radius 1 is 0.828 bits per heavy atom. The summed E-state index contributed by atoms with van der Waals surface area (Å²) in [4.78, 5) is 0. The quantitative estimate of drug-likeness (QED) is 0.688. The lowest BCUT2D eigenvalue weighted by atomic mass is 9.98. The maximum Gasteiger partial charge on any atom is 0.126 e. The zero-order valence-electron chi connectivity index (χ0n) is 16.0. The predicted octanol–water partition coefficient (Wildman–Crippen LogP) is 2.36. The second-order valence-electron chi connectivity index (χ2n) is 7.69. The molecule has 4 rings (SSSR count). The molecule has 2 aliphatic heterocycles. The van der Waals surface area contributed by atoms with Crippen LogP contribution in [0.1, 0.15) is 24.0 Å². The van der Waals surface area contributed by atoms with Gasteiger partial charge in [0.25, 0.3) is 0 Å². The third-order valence-corrected chi connectivity index (χ3v) is 5.56. The Balaban J connectivity index is 1.24. The molecule has 2 heterocycles. The minimum Gasteiger partial charge on any atom is -0.487 e. The molecule has 0 bridgehead atoms. The van der Waals surface area contributed by atoms with E-state index in [0.717, 1.165) is 11.1 Å². The number of benzene rings is 2. The molecule has 0 radical (unpaired) electrons. The molecule has 4 atom stereocenters. The normalized spacial score (nSPS) is 22.6. The van der Waals surface area contributed by atoms with Crippen molar-refractivity contribution in [3.8, 4) is 11.5 Å². The summed E-state index contributed by atoms with van der Waals surface area (Å²) in [5.74, 6) is 0.624. The maximum atomic E-state index is 13.3. The van der Waals surface area contributed by atoms with Gasteiger partial charge in [-0.25, -0.2) is 8.78 Å². The lowest BCUT2D eigenvalue weighted by molar-refractivity contribution is 0.00892. The predicted molar refractivity (Wildman–Crippen MR) is 103 cm³/mol. The Kier molecular flexibility index (Phi) is 5.99. The van der Waals surface area contributed by atoms with Gasteiger partial charge in [-0.1, -0.05) is 0 Å². The van der Waals surface area contributed by atoms with Crippen LogP contribution in [0.3, 0.4) is 0 Å². The first-order valence-electron chi connectivity index (χ1n) is 9.96. The third-order valence-electron chi connectivity index (χ3n) is 5.56. The fraction of sp³-hybridized carbons (Fsp3) is 0.455. The Bertz CT molecular complexity index is 793. The first-order chi connectivity index (χ1) is 14.0. The maximum absolute atomic E-state index is 13.3. The highest BCUT2D eigenvalue weighted by Crippen LogP contribution is 2.30. The van der Waals surface area contributed by atoms with E-state index >= 15 is 0 Å². The van der Waals surface area contributed by atoms with Crippen LogP contribution in [0.15, 0.2) is 36.4 Å².